The van der Waals surface area contributed by atoms with Crippen LogP contribution >= 0.6 is 0 Å². The first-order chi connectivity index (χ1) is 12.1. The second kappa shape index (κ2) is 9.72. The smallest absolute Gasteiger partial charge is 0.331 e. The predicted octanol–water partition coefficient (Wildman–Crippen LogP) is 2.37. The highest BCUT2D eigenvalue weighted by molar-refractivity contribution is 6.01. The number of benzene rings is 1. The van der Waals surface area contributed by atoms with Crippen LogP contribution in [0.1, 0.15) is 44.0 Å². The zero-order chi connectivity index (χ0) is 19.7. The number of carboxylic acids is 1. The van der Waals surface area contributed by atoms with E-state index in [0.717, 1.165) is 12.5 Å². The van der Waals surface area contributed by atoms with Gasteiger partial charge in [0, 0.05) is 17.7 Å². The van der Waals surface area contributed by atoms with Crippen molar-refractivity contribution >= 4 is 17.7 Å². The molecule has 1 aromatic carbocycles. The summed E-state index contributed by atoms with van der Waals surface area (Å²) in [5, 5.41) is 18.2. The molecule has 1 rings (SSSR count). The third-order valence-electron chi connectivity index (χ3n) is 3.36. The summed E-state index contributed by atoms with van der Waals surface area (Å²) in [5.41, 5.74) is -1.09. The van der Waals surface area contributed by atoms with Crippen LogP contribution in [-0.4, -0.2) is 46.2 Å². The lowest BCUT2D eigenvalue weighted by Crippen LogP contribution is -2.31. The van der Waals surface area contributed by atoms with E-state index in [4.69, 9.17) is 14.6 Å². The summed E-state index contributed by atoms with van der Waals surface area (Å²) in [6.45, 7) is 4.77. The van der Waals surface area contributed by atoms with E-state index in [-0.39, 0.29) is 6.61 Å². The number of hydrogen-bond acceptors (Lipinski definition) is 6. The molecule has 142 valence electrons. The molecule has 7 heteroatoms. The van der Waals surface area contributed by atoms with Crippen molar-refractivity contribution in [3.63, 3.8) is 0 Å². The maximum atomic E-state index is 12.0. The van der Waals surface area contributed by atoms with Gasteiger partial charge >= 0.3 is 11.9 Å². The molecule has 0 heterocycles. The average Bonchev–Trinajstić information content (AvgIpc) is 2.57. The van der Waals surface area contributed by atoms with Gasteiger partial charge in [0.25, 0.3) is 0 Å². The van der Waals surface area contributed by atoms with Crippen LogP contribution in [0.2, 0.25) is 0 Å². The van der Waals surface area contributed by atoms with Gasteiger partial charge in [-0.05, 0) is 44.5 Å². The number of esters is 1. The number of rotatable bonds is 10. The maximum Gasteiger partial charge on any atom is 0.331 e. The van der Waals surface area contributed by atoms with Gasteiger partial charge in [-0.15, -0.1) is 0 Å². The third-order valence-corrected chi connectivity index (χ3v) is 3.36. The van der Waals surface area contributed by atoms with Crippen molar-refractivity contribution in [2.24, 2.45) is 0 Å². The Labute approximate surface area is 152 Å². The molecule has 1 unspecified atom stereocenters. The van der Waals surface area contributed by atoms with E-state index < -0.39 is 29.4 Å². The van der Waals surface area contributed by atoms with E-state index in [1.165, 1.54) is 13.8 Å². The summed E-state index contributed by atoms with van der Waals surface area (Å²) in [6, 6.07) is 6.32. The monoisotopic (exact) mass is 364 g/mol. The quantitative estimate of drug-likeness (QED) is 0.372. The number of aliphatic hydroxyl groups is 1. The van der Waals surface area contributed by atoms with Crippen molar-refractivity contribution < 1.29 is 34.1 Å². The Hall–Kier alpha value is -2.67. The van der Waals surface area contributed by atoms with E-state index >= 15 is 0 Å². The summed E-state index contributed by atoms with van der Waals surface area (Å²) in [6.07, 6.45) is 2.56. The summed E-state index contributed by atoms with van der Waals surface area (Å²) in [4.78, 5) is 33.8. The lowest BCUT2D eigenvalue weighted by Gasteiger charge is -2.19. The summed E-state index contributed by atoms with van der Waals surface area (Å²) in [5.74, 6) is -1.89. The van der Waals surface area contributed by atoms with Crippen molar-refractivity contribution in [3.8, 4) is 5.75 Å². The summed E-state index contributed by atoms with van der Waals surface area (Å²) < 4.78 is 10.7. The Kier molecular flexibility index (Phi) is 7.99. The van der Waals surface area contributed by atoms with Gasteiger partial charge in [0.05, 0.1) is 0 Å². The van der Waals surface area contributed by atoms with E-state index in [9.17, 15) is 19.5 Å². The molecular formula is C19H24O7. The molecule has 0 amide bonds. The van der Waals surface area contributed by atoms with E-state index in [0.29, 0.717) is 23.8 Å². The van der Waals surface area contributed by atoms with Gasteiger partial charge < -0.3 is 19.7 Å². The first-order valence-electron chi connectivity index (χ1n) is 8.25. The Morgan fingerprint density at radius 1 is 1.15 bits per heavy atom. The number of hydrogen-bond donors (Lipinski definition) is 2. The standard InChI is InChI=1S/C19H24O7/c1-4-5-15(12-25-17(22)11-10-16(20)21)26-14-8-6-13(7-9-14)18(23)19(2,3)24/h6-11,15,24H,4-5,12H2,1-3H3,(H,20,21)/b11-10+. The minimum atomic E-state index is -1.45. The Morgan fingerprint density at radius 3 is 2.27 bits per heavy atom. The molecule has 0 saturated carbocycles. The molecule has 0 fully saturated rings. The van der Waals surface area contributed by atoms with Crippen molar-refractivity contribution in [2.75, 3.05) is 6.61 Å². The zero-order valence-electron chi connectivity index (χ0n) is 15.1. The molecule has 0 saturated heterocycles. The Morgan fingerprint density at radius 2 is 1.77 bits per heavy atom. The van der Waals surface area contributed by atoms with Crippen LogP contribution < -0.4 is 4.74 Å². The lowest BCUT2D eigenvalue weighted by atomic mass is 9.97. The van der Waals surface area contributed by atoms with Crippen LogP contribution in [0.3, 0.4) is 0 Å². The molecule has 2 N–H and O–H groups in total. The van der Waals surface area contributed by atoms with Crippen LogP contribution in [0.25, 0.3) is 0 Å². The first kappa shape index (κ1) is 21.4. The molecule has 0 aliphatic rings. The van der Waals surface area contributed by atoms with Gasteiger partial charge in [-0.3, -0.25) is 4.79 Å². The highest BCUT2D eigenvalue weighted by atomic mass is 16.6. The van der Waals surface area contributed by atoms with Crippen LogP contribution in [-0.2, 0) is 14.3 Å². The number of ether oxygens (including phenoxy) is 2. The fourth-order valence-electron chi connectivity index (χ4n) is 2.09. The summed E-state index contributed by atoms with van der Waals surface area (Å²) >= 11 is 0. The number of carboxylic acid groups (broad SMARTS) is 1. The number of Topliss-reactive ketones (excluding diaryl/α,β-unsaturated/α-hetero) is 1. The molecule has 1 aromatic rings. The van der Waals surface area contributed by atoms with Crippen molar-refractivity contribution in [3.05, 3.63) is 42.0 Å². The Bertz CT molecular complexity index is 653. The maximum absolute atomic E-state index is 12.0. The van der Waals surface area contributed by atoms with Gasteiger partial charge in [0.15, 0.2) is 5.78 Å². The molecule has 0 aliphatic heterocycles. The fraction of sp³-hybridized carbons (Fsp3) is 0.421. The molecular weight excluding hydrogens is 340 g/mol. The number of ketones is 1. The minimum absolute atomic E-state index is 0.0268. The molecule has 0 bridgehead atoms. The highest BCUT2D eigenvalue weighted by Crippen LogP contribution is 2.19. The van der Waals surface area contributed by atoms with E-state index in [1.807, 2.05) is 6.92 Å². The molecule has 0 spiro atoms. The van der Waals surface area contributed by atoms with Crippen LogP contribution in [0, 0.1) is 0 Å². The first-order valence-corrected chi connectivity index (χ1v) is 8.25. The predicted molar refractivity (Wildman–Crippen MR) is 94.1 cm³/mol. The van der Waals surface area contributed by atoms with Gasteiger partial charge in [0.2, 0.25) is 0 Å². The topological polar surface area (TPSA) is 110 Å². The van der Waals surface area contributed by atoms with Crippen LogP contribution in [0.4, 0.5) is 0 Å². The van der Waals surface area contributed by atoms with Gasteiger partial charge in [-0.2, -0.15) is 0 Å². The molecule has 0 aliphatic carbocycles. The zero-order valence-corrected chi connectivity index (χ0v) is 15.1. The third kappa shape index (κ3) is 7.48. The molecule has 7 nitrogen and oxygen atoms in total. The largest absolute Gasteiger partial charge is 0.487 e. The average molecular weight is 364 g/mol. The SMILES string of the molecule is CCCC(COC(=O)/C=C/C(=O)O)Oc1ccc(C(=O)C(C)(C)O)cc1. The number of aliphatic carboxylic acids is 1. The van der Waals surface area contributed by atoms with E-state index in [1.54, 1.807) is 24.3 Å². The number of carbonyl (C=O) groups is 3. The van der Waals surface area contributed by atoms with Gasteiger partial charge in [-0.1, -0.05) is 13.3 Å². The second-order valence-corrected chi connectivity index (χ2v) is 6.24. The minimum Gasteiger partial charge on any atom is -0.487 e. The van der Waals surface area contributed by atoms with Gasteiger partial charge in [-0.25, -0.2) is 9.59 Å². The fourth-order valence-corrected chi connectivity index (χ4v) is 2.09. The lowest BCUT2D eigenvalue weighted by molar-refractivity contribution is -0.141. The summed E-state index contributed by atoms with van der Waals surface area (Å²) in [7, 11) is 0. The Balaban J connectivity index is 2.68. The molecule has 1 atom stereocenters. The van der Waals surface area contributed by atoms with Crippen molar-refractivity contribution in [1.82, 2.24) is 0 Å². The molecule has 0 aromatic heterocycles. The van der Waals surface area contributed by atoms with E-state index in [2.05, 4.69) is 0 Å². The van der Waals surface area contributed by atoms with Gasteiger partial charge in [0.1, 0.15) is 24.1 Å². The highest BCUT2D eigenvalue weighted by Gasteiger charge is 2.25. The van der Waals surface area contributed by atoms with Crippen LogP contribution in [0.5, 0.6) is 5.75 Å². The molecule has 26 heavy (non-hydrogen) atoms. The van der Waals surface area contributed by atoms with Crippen molar-refractivity contribution in [2.45, 2.75) is 45.3 Å². The normalized spacial score (nSPS) is 12.6. The number of carbonyl (C=O) groups excluding carboxylic acids is 2. The second-order valence-electron chi connectivity index (χ2n) is 6.24. The van der Waals surface area contributed by atoms with Crippen molar-refractivity contribution in [1.29, 1.82) is 0 Å². The van der Waals surface area contributed by atoms with Crippen LogP contribution in [0.15, 0.2) is 36.4 Å². The molecule has 0 radical (unpaired) electrons.